The predicted molar refractivity (Wildman–Crippen MR) is 136 cm³/mol. The molecule has 3 aliphatic rings. The van der Waals surface area contributed by atoms with Gasteiger partial charge in [0, 0.05) is 24.4 Å². The zero-order chi connectivity index (χ0) is 24.5. The minimum absolute atomic E-state index is 0.116. The molecule has 6 nitrogen and oxygen atoms in total. The van der Waals surface area contributed by atoms with Crippen molar-refractivity contribution in [3.63, 3.8) is 0 Å². The van der Waals surface area contributed by atoms with Crippen LogP contribution >= 0.6 is 0 Å². The number of likely N-dealkylation sites (tertiary alicyclic amines) is 1. The number of carboxylic acids is 1. The van der Waals surface area contributed by atoms with Gasteiger partial charge in [0.2, 0.25) is 5.91 Å². The van der Waals surface area contributed by atoms with Crippen molar-refractivity contribution in [2.75, 3.05) is 6.54 Å². The maximum atomic E-state index is 13.6. The van der Waals surface area contributed by atoms with Crippen LogP contribution in [-0.4, -0.2) is 44.3 Å². The number of aromatic nitrogens is 2. The fraction of sp³-hybridized carbons (Fsp3) is 0.621. The Bertz CT molecular complexity index is 1090. The van der Waals surface area contributed by atoms with Gasteiger partial charge >= 0.3 is 5.97 Å². The molecule has 2 heterocycles. The highest BCUT2D eigenvalue weighted by Gasteiger charge is 2.36. The van der Waals surface area contributed by atoms with Crippen molar-refractivity contribution in [3.8, 4) is 5.69 Å². The molecule has 188 valence electrons. The van der Waals surface area contributed by atoms with Crippen molar-refractivity contribution in [1.29, 1.82) is 0 Å². The molecule has 0 radical (unpaired) electrons. The monoisotopic (exact) mass is 477 g/mol. The van der Waals surface area contributed by atoms with E-state index in [4.69, 9.17) is 0 Å². The Balaban J connectivity index is 1.37. The lowest BCUT2D eigenvalue weighted by atomic mass is 9.77. The first-order valence-electron chi connectivity index (χ1n) is 13.7. The number of hydrogen-bond donors (Lipinski definition) is 1. The number of amides is 1. The molecule has 35 heavy (non-hydrogen) atoms. The van der Waals surface area contributed by atoms with Gasteiger partial charge in [-0.15, -0.1) is 0 Å². The van der Waals surface area contributed by atoms with Crippen LogP contribution in [0.15, 0.2) is 24.4 Å². The molecule has 2 saturated carbocycles. The molecule has 2 aromatic rings. The number of aromatic carboxylic acids is 1. The SMILES string of the molecule is CCCCC1CCCN1C(=O)C1CCC[C@H](c2cc(C)cc(-n3ncc(C(=O)O)c3C3CC3)c2)C1. The summed E-state index contributed by atoms with van der Waals surface area (Å²) in [7, 11) is 0. The highest BCUT2D eigenvalue weighted by atomic mass is 16.4. The number of carboxylic acid groups (broad SMARTS) is 1. The minimum atomic E-state index is -0.904. The molecule has 1 aromatic heterocycles. The summed E-state index contributed by atoms with van der Waals surface area (Å²) in [5, 5.41) is 14.2. The molecule has 3 fully saturated rings. The maximum absolute atomic E-state index is 13.6. The molecule has 1 amide bonds. The van der Waals surface area contributed by atoms with Crippen molar-refractivity contribution in [1.82, 2.24) is 14.7 Å². The van der Waals surface area contributed by atoms with Gasteiger partial charge in [-0.05, 0) is 87.5 Å². The molecule has 0 bridgehead atoms. The molecule has 1 aliphatic heterocycles. The van der Waals surface area contributed by atoms with E-state index < -0.39 is 5.97 Å². The van der Waals surface area contributed by atoms with E-state index in [2.05, 4.69) is 42.0 Å². The number of carbonyl (C=O) groups excluding carboxylic acids is 1. The second kappa shape index (κ2) is 10.2. The summed E-state index contributed by atoms with van der Waals surface area (Å²) in [5.41, 5.74) is 4.51. The Hall–Kier alpha value is -2.63. The van der Waals surface area contributed by atoms with Gasteiger partial charge in [-0.25, -0.2) is 9.48 Å². The summed E-state index contributed by atoms with van der Waals surface area (Å²) in [6.45, 7) is 5.25. The number of unbranched alkanes of at least 4 members (excludes halogenated alkanes) is 1. The third kappa shape index (κ3) is 5.03. The molecular weight excluding hydrogens is 438 g/mol. The van der Waals surface area contributed by atoms with E-state index in [0.29, 0.717) is 23.4 Å². The average Bonchev–Trinajstić information content (AvgIpc) is 3.41. The molecule has 2 aliphatic carbocycles. The van der Waals surface area contributed by atoms with Crippen molar-refractivity contribution in [2.45, 2.75) is 102 Å². The van der Waals surface area contributed by atoms with Crippen LogP contribution in [0.5, 0.6) is 0 Å². The van der Waals surface area contributed by atoms with Crippen LogP contribution < -0.4 is 0 Å². The van der Waals surface area contributed by atoms with Crippen LogP contribution in [0.25, 0.3) is 5.69 Å². The second-order valence-electron chi connectivity index (χ2n) is 11.1. The largest absolute Gasteiger partial charge is 0.478 e. The maximum Gasteiger partial charge on any atom is 0.339 e. The quantitative estimate of drug-likeness (QED) is 0.490. The molecule has 1 N–H and O–H groups in total. The summed E-state index contributed by atoms with van der Waals surface area (Å²) >= 11 is 0. The van der Waals surface area contributed by atoms with Crippen LogP contribution in [0.2, 0.25) is 0 Å². The first-order chi connectivity index (χ1) is 17.0. The molecule has 0 spiro atoms. The Morgan fingerprint density at radius 1 is 1.06 bits per heavy atom. The second-order valence-corrected chi connectivity index (χ2v) is 11.1. The van der Waals surface area contributed by atoms with Crippen LogP contribution in [-0.2, 0) is 4.79 Å². The Labute approximate surface area is 208 Å². The van der Waals surface area contributed by atoms with E-state index in [0.717, 1.165) is 81.3 Å². The fourth-order valence-electron chi connectivity index (χ4n) is 6.45. The highest BCUT2D eigenvalue weighted by Crippen LogP contribution is 2.43. The van der Waals surface area contributed by atoms with Crippen molar-refractivity contribution < 1.29 is 14.7 Å². The predicted octanol–water partition coefficient (Wildman–Crippen LogP) is 6.21. The Kier molecular flexibility index (Phi) is 6.99. The third-order valence-electron chi connectivity index (χ3n) is 8.38. The normalized spacial score (nSPS) is 24.6. The van der Waals surface area contributed by atoms with Crippen LogP contribution in [0.3, 0.4) is 0 Å². The zero-order valence-electron chi connectivity index (χ0n) is 21.2. The molecule has 2 unspecified atom stereocenters. The number of nitrogens with zero attached hydrogens (tertiary/aromatic N) is 3. The van der Waals surface area contributed by atoms with Gasteiger partial charge in [-0.3, -0.25) is 4.79 Å². The fourth-order valence-corrected chi connectivity index (χ4v) is 6.45. The van der Waals surface area contributed by atoms with E-state index in [1.807, 2.05) is 4.68 Å². The van der Waals surface area contributed by atoms with E-state index in [-0.39, 0.29) is 11.8 Å². The van der Waals surface area contributed by atoms with Crippen molar-refractivity contribution in [3.05, 3.63) is 46.8 Å². The summed E-state index contributed by atoms with van der Waals surface area (Å²) in [6.07, 6.45) is 13.5. The van der Waals surface area contributed by atoms with Gasteiger partial charge in [0.15, 0.2) is 0 Å². The van der Waals surface area contributed by atoms with Gasteiger partial charge in [0.25, 0.3) is 0 Å². The van der Waals surface area contributed by atoms with E-state index in [1.165, 1.54) is 24.6 Å². The number of carbonyl (C=O) groups is 2. The molecule has 5 rings (SSSR count). The Morgan fingerprint density at radius 3 is 2.63 bits per heavy atom. The van der Waals surface area contributed by atoms with E-state index in [9.17, 15) is 14.7 Å². The van der Waals surface area contributed by atoms with Crippen molar-refractivity contribution in [2.24, 2.45) is 5.92 Å². The van der Waals surface area contributed by atoms with Gasteiger partial charge in [0.05, 0.1) is 17.6 Å². The summed E-state index contributed by atoms with van der Waals surface area (Å²) in [4.78, 5) is 27.5. The van der Waals surface area contributed by atoms with Crippen molar-refractivity contribution >= 4 is 11.9 Å². The van der Waals surface area contributed by atoms with Gasteiger partial charge in [-0.2, -0.15) is 5.10 Å². The van der Waals surface area contributed by atoms with Crippen LogP contribution in [0.4, 0.5) is 0 Å². The van der Waals surface area contributed by atoms with Gasteiger partial charge in [-0.1, -0.05) is 32.3 Å². The number of aryl methyl sites for hydroxylation is 1. The van der Waals surface area contributed by atoms with Crippen LogP contribution in [0, 0.1) is 12.8 Å². The zero-order valence-corrected chi connectivity index (χ0v) is 21.2. The highest BCUT2D eigenvalue weighted by molar-refractivity contribution is 5.89. The Morgan fingerprint density at radius 2 is 1.89 bits per heavy atom. The third-order valence-corrected chi connectivity index (χ3v) is 8.38. The lowest BCUT2D eigenvalue weighted by Crippen LogP contribution is -2.41. The van der Waals surface area contributed by atoms with Gasteiger partial charge in [0.1, 0.15) is 5.56 Å². The summed E-state index contributed by atoms with van der Waals surface area (Å²) in [5.74, 6) is 0.233. The summed E-state index contributed by atoms with van der Waals surface area (Å²) < 4.78 is 1.85. The first-order valence-corrected chi connectivity index (χ1v) is 13.7. The van der Waals surface area contributed by atoms with Crippen LogP contribution in [0.1, 0.15) is 117 Å². The standard InChI is InChI=1S/C29H39N3O3/c1-3-4-9-24-10-6-13-31(24)28(33)22-8-5-7-21(16-22)23-14-19(2)15-25(17-23)32-27(20-11-12-20)26(18-30-32)29(34)35/h14-15,17-18,20-22,24H,3-13,16H2,1-2H3,(H,34,35)/t21-,22?,24?/m0/s1. The average molecular weight is 478 g/mol. The number of rotatable bonds is 8. The number of hydrogen-bond acceptors (Lipinski definition) is 3. The molecule has 1 aromatic carbocycles. The minimum Gasteiger partial charge on any atom is -0.478 e. The summed E-state index contributed by atoms with van der Waals surface area (Å²) in [6, 6.07) is 6.98. The lowest BCUT2D eigenvalue weighted by Gasteiger charge is -2.34. The van der Waals surface area contributed by atoms with Gasteiger partial charge < -0.3 is 10.0 Å². The topological polar surface area (TPSA) is 75.4 Å². The van der Waals surface area contributed by atoms with E-state index in [1.54, 1.807) is 0 Å². The first kappa shape index (κ1) is 24.1. The lowest BCUT2D eigenvalue weighted by molar-refractivity contribution is -0.137. The molecule has 1 saturated heterocycles. The molecule has 3 atom stereocenters. The smallest absolute Gasteiger partial charge is 0.339 e. The number of benzene rings is 1. The molecule has 6 heteroatoms. The van der Waals surface area contributed by atoms with E-state index >= 15 is 0 Å². The molecular formula is C29H39N3O3.